The van der Waals surface area contributed by atoms with Gasteiger partial charge in [-0.15, -0.1) is 0 Å². The lowest BCUT2D eigenvalue weighted by Crippen LogP contribution is -1.97. The van der Waals surface area contributed by atoms with Crippen molar-refractivity contribution < 1.29 is 9.94 Å². The number of aromatic hydroxyl groups is 1. The smallest absolute Gasteiger partial charge is 0.125 e. The molecule has 0 atom stereocenters. The number of phenols is 1. The van der Waals surface area contributed by atoms with E-state index in [0.717, 1.165) is 16.5 Å². The molecule has 2 rings (SSSR count). The van der Waals surface area contributed by atoms with Crippen LogP contribution in [0.3, 0.4) is 0 Å². The van der Waals surface area contributed by atoms with Gasteiger partial charge in [0, 0.05) is 22.7 Å². The van der Waals surface area contributed by atoms with Crippen LogP contribution in [0.4, 0.5) is 0 Å². The summed E-state index contributed by atoms with van der Waals surface area (Å²) in [6.45, 7) is 0.289. The second-order valence-corrected chi connectivity index (χ2v) is 2.82. The Hall–Kier alpha value is -1.52. The lowest BCUT2D eigenvalue weighted by Gasteiger charge is -1.98. The van der Waals surface area contributed by atoms with E-state index in [9.17, 15) is 5.11 Å². The maximum atomic E-state index is 9.55. The average Bonchev–Trinajstić information content (AvgIpc) is 2.51. The quantitative estimate of drug-likeness (QED) is 0.606. The van der Waals surface area contributed by atoms with Crippen molar-refractivity contribution in [1.82, 2.24) is 4.98 Å². The molecule has 0 aliphatic rings. The van der Waals surface area contributed by atoms with E-state index in [2.05, 4.69) is 9.82 Å². The molecule has 1 heterocycles. The Balaban J connectivity index is 2.64. The Kier molecular flexibility index (Phi) is 1.92. The minimum atomic E-state index is 0.241. The van der Waals surface area contributed by atoms with Crippen LogP contribution in [0.15, 0.2) is 24.4 Å². The largest absolute Gasteiger partial charge is 0.507 e. The van der Waals surface area contributed by atoms with Crippen molar-refractivity contribution in [3.63, 3.8) is 0 Å². The zero-order valence-electron chi connectivity index (χ0n) is 6.95. The van der Waals surface area contributed by atoms with E-state index < -0.39 is 0 Å². The molecule has 13 heavy (non-hydrogen) atoms. The van der Waals surface area contributed by atoms with Crippen molar-refractivity contribution in [2.75, 3.05) is 0 Å². The van der Waals surface area contributed by atoms with E-state index in [-0.39, 0.29) is 12.4 Å². The Morgan fingerprint density at radius 2 is 2.31 bits per heavy atom. The first-order chi connectivity index (χ1) is 6.33. The number of nitrogens with one attached hydrogen (secondary N) is 1. The SMILES string of the molecule is NOCc1c[nH]c2cccc(O)c12. The summed E-state index contributed by atoms with van der Waals surface area (Å²) in [7, 11) is 0. The summed E-state index contributed by atoms with van der Waals surface area (Å²) in [6, 6.07) is 5.30. The molecule has 4 N–H and O–H groups in total. The number of nitrogens with two attached hydrogens (primary N) is 1. The molecule has 0 saturated heterocycles. The molecule has 1 aromatic heterocycles. The summed E-state index contributed by atoms with van der Waals surface area (Å²) in [4.78, 5) is 7.54. The standard InChI is InChI=1S/C9H10N2O2/c10-13-5-6-4-11-7-2-1-3-8(12)9(6)7/h1-4,11-12H,5,10H2. The summed E-state index contributed by atoms with van der Waals surface area (Å²) in [5.74, 6) is 5.21. The zero-order valence-corrected chi connectivity index (χ0v) is 6.95. The van der Waals surface area contributed by atoms with Crippen LogP contribution in [0.1, 0.15) is 5.56 Å². The van der Waals surface area contributed by atoms with Crippen molar-refractivity contribution in [3.8, 4) is 5.75 Å². The van der Waals surface area contributed by atoms with Crippen molar-refractivity contribution in [2.24, 2.45) is 5.90 Å². The molecule has 4 nitrogen and oxygen atoms in total. The first kappa shape index (κ1) is 8.10. The molecule has 0 unspecified atom stereocenters. The minimum absolute atomic E-state index is 0.241. The fourth-order valence-electron chi connectivity index (χ4n) is 1.44. The van der Waals surface area contributed by atoms with Crippen LogP contribution in [-0.4, -0.2) is 10.1 Å². The van der Waals surface area contributed by atoms with Gasteiger partial charge in [-0.3, -0.25) is 4.84 Å². The molecule has 0 amide bonds. The number of hydrogen-bond acceptors (Lipinski definition) is 3. The van der Waals surface area contributed by atoms with Crippen LogP contribution in [-0.2, 0) is 11.4 Å². The van der Waals surface area contributed by atoms with Crippen molar-refractivity contribution >= 4 is 10.9 Å². The van der Waals surface area contributed by atoms with E-state index in [4.69, 9.17) is 5.90 Å². The highest BCUT2D eigenvalue weighted by molar-refractivity contribution is 5.88. The molecular formula is C9H10N2O2. The van der Waals surface area contributed by atoms with Gasteiger partial charge in [0.2, 0.25) is 0 Å². The summed E-state index contributed by atoms with van der Waals surface area (Å²) in [5, 5.41) is 10.3. The predicted octanol–water partition coefficient (Wildman–Crippen LogP) is 1.26. The zero-order chi connectivity index (χ0) is 9.26. The van der Waals surface area contributed by atoms with Gasteiger partial charge in [0.1, 0.15) is 5.75 Å². The van der Waals surface area contributed by atoms with Crippen LogP contribution in [0, 0.1) is 0 Å². The number of aromatic nitrogens is 1. The molecule has 2 aromatic rings. The number of aromatic amines is 1. The van der Waals surface area contributed by atoms with E-state index in [1.54, 1.807) is 18.3 Å². The number of H-pyrrole nitrogens is 1. The Morgan fingerprint density at radius 1 is 1.46 bits per heavy atom. The van der Waals surface area contributed by atoms with E-state index in [1.165, 1.54) is 0 Å². The van der Waals surface area contributed by atoms with Crippen LogP contribution >= 0.6 is 0 Å². The highest BCUT2D eigenvalue weighted by atomic mass is 16.6. The molecule has 0 spiro atoms. The van der Waals surface area contributed by atoms with Gasteiger partial charge >= 0.3 is 0 Å². The molecule has 0 aliphatic heterocycles. The maximum Gasteiger partial charge on any atom is 0.125 e. The third-order valence-corrected chi connectivity index (χ3v) is 2.00. The summed E-state index contributed by atoms with van der Waals surface area (Å²) in [6.07, 6.45) is 1.78. The van der Waals surface area contributed by atoms with Crippen molar-refractivity contribution in [1.29, 1.82) is 0 Å². The molecule has 0 saturated carbocycles. The van der Waals surface area contributed by atoms with Gasteiger partial charge in [0.05, 0.1) is 6.61 Å². The summed E-state index contributed by atoms with van der Waals surface area (Å²) in [5.41, 5.74) is 1.74. The van der Waals surface area contributed by atoms with Gasteiger partial charge in [0.15, 0.2) is 0 Å². The average molecular weight is 178 g/mol. The highest BCUT2D eigenvalue weighted by Crippen LogP contribution is 2.27. The number of benzene rings is 1. The van der Waals surface area contributed by atoms with Crippen LogP contribution in [0.25, 0.3) is 10.9 Å². The Morgan fingerprint density at radius 3 is 3.08 bits per heavy atom. The van der Waals surface area contributed by atoms with E-state index in [1.807, 2.05) is 6.07 Å². The highest BCUT2D eigenvalue weighted by Gasteiger charge is 2.06. The topological polar surface area (TPSA) is 71.3 Å². The van der Waals surface area contributed by atoms with Gasteiger partial charge in [-0.2, -0.15) is 0 Å². The van der Waals surface area contributed by atoms with Crippen LogP contribution in [0.2, 0.25) is 0 Å². The molecule has 0 aliphatic carbocycles. The normalized spacial score (nSPS) is 10.8. The van der Waals surface area contributed by atoms with Gasteiger partial charge in [-0.25, -0.2) is 5.90 Å². The first-order valence-electron chi connectivity index (χ1n) is 3.92. The van der Waals surface area contributed by atoms with Crippen LogP contribution in [0.5, 0.6) is 5.75 Å². The lowest BCUT2D eigenvalue weighted by atomic mass is 10.1. The van der Waals surface area contributed by atoms with Gasteiger partial charge in [-0.1, -0.05) is 6.07 Å². The van der Waals surface area contributed by atoms with E-state index >= 15 is 0 Å². The van der Waals surface area contributed by atoms with Gasteiger partial charge in [-0.05, 0) is 12.1 Å². The Bertz CT molecular complexity index is 422. The van der Waals surface area contributed by atoms with Gasteiger partial charge in [0.25, 0.3) is 0 Å². The van der Waals surface area contributed by atoms with Crippen molar-refractivity contribution in [3.05, 3.63) is 30.0 Å². The number of rotatable bonds is 2. The second kappa shape index (κ2) is 3.08. The van der Waals surface area contributed by atoms with Crippen molar-refractivity contribution in [2.45, 2.75) is 6.61 Å². The molecular weight excluding hydrogens is 168 g/mol. The molecule has 0 radical (unpaired) electrons. The lowest BCUT2D eigenvalue weighted by molar-refractivity contribution is 0.125. The number of fused-ring (bicyclic) bond motifs is 1. The molecule has 0 fully saturated rings. The third kappa shape index (κ3) is 1.26. The molecule has 0 bridgehead atoms. The minimum Gasteiger partial charge on any atom is -0.507 e. The summed E-state index contributed by atoms with van der Waals surface area (Å²) < 4.78 is 0. The molecule has 1 aromatic carbocycles. The molecule has 4 heteroatoms. The number of hydrogen-bond donors (Lipinski definition) is 3. The number of phenolic OH excluding ortho intramolecular Hbond substituents is 1. The van der Waals surface area contributed by atoms with Gasteiger partial charge < -0.3 is 10.1 Å². The van der Waals surface area contributed by atoms with Crippen LogP contribution < -0.4 is 5.90 Å². The Labute approximate surface area is 74.9 Å². The first-order valence-corrected chi connectivity index (χ1v) is 3.92. The molecule has 68 valence electrons. The van der Waals surface area contributed by atoms with E-state index in [0.29, 0.717) is 0 Å². The maximum absolute atomic E-state index is 9.55. The third-order valence-electron chi connectivity index (χ3n) is 2.00. The fraction of sp³-hybridized carbons (Fsp3) is 0.111. The summed E-state index contributed by atoms with van der Waals surface area (Å²) >= 11 is 0. The second-order valence-electron chi connectivity index (χ2n) is 2.82. The predicted molar refractivity (Wildman–Crippen MR) is 48.9 cm³/mol. The monoisotopic (exact) mass is 178 g/mol. The fourth-order valence-corrected chi connectivity index (χ4v) is 1.44.